The average Bonchev–Trinajstić information content (AvgIpc) is 3.17. The van der Waals surface area contributed by atoms with Crippen molar-refractivity contribution in [2.45, 2.75) is 83.1 Å². The molecule has 4 aromatic rings. The molecule has 0 aromatic heterocycles. The highest BCUT2D eigenvalue weighted by Crippen LogP contribution is 2.39. The van der Waals surface area contributed by atoms with Gasteiger partial charge in [0.2, 0.25) is 11.8 Å². The van der Waals surface area contributed by atoms with Crippen LogP contribution in [0.15, 0.2) is 103 Å². The number of amides is 2. The van der Waals surface area contributed by atoms with E-state index in [-0.39, 0.29) is 37.2 Å². The van der Waals surface area contributed by atoms with Crippen LogP contribution in [0.25, 0.3) is 11.1 Å². The SMILES string of the molecule is CC(c1ccccc1)N(C)CC1CC(c2ccc(CO)cc2)OC(c2ccc(-c3ccccc3CNC(=O)CCCCCC(=O)NO)cc2)O1. The second-order valence-corrected chi connectivity index (χ2v) is 13.0. The fourth-order valence-corrected chi connectivity index (χ4v) is 6.36. The summed E-state index contributed by atoms with van der Waals surface area (Å²) in [7, 11) is 2.13. The zero-order chi connectivity index (χ0) is 35.3. The average molecular weight is 680 g/mol. The van der Waals surface area contributed by atoms with Crippen LogP contribution >= 0.6 is 0 Å². The minimum absolute atomic E-state index is 0.000763. The van der Waals surface area contributed by atoms with Gasteiger partial charge in [0.1, 0.15) is 0 Å². The van der Waals surface area contributed by atoms with Crippen molar-refractivity contribution >= 4 is 11.8 Å². The zero-order valence-corrected chi connectivity index (χ0v) is 29.0. The Labute approximate surface area is 295 Å². The molecular formula is C41H49N3O6. The number of carbonyl (C=O) groups is 2. The smallest absolute Gasteiger partial charge is 0.243 e. The number of aliphatic hydroxyl groups excluding tert-OH is 1. The minimum Gasteiger partial charge on any atom is -0.392 e. The van der Waals surface area contributed by atoms with Crippen molar-refractivity contribution in [3.05, 3.63) is 131 Å². The maximum atomic E-state index is 12.5. The monoisotopic (exact) mass is 679 g/mol. The Bertz CT molecular complexity index is 1650. The number of ether oxygens (including phenoxy) is 2. The van der Waals surface area contributed by atoms with Crippen molar-refractivity contribution < 1.29 is 29.4 Å². The molecule has 9 nitrogen and oxygen atoms in total. The van der Waals surface area contributed by atoms with Gasteiger partial charge in [-0.3, -0.25) is 19.7 Å². The van der Waals surface area contributed by atoms with Crippen LogP contribution in [0.4, 0.5) is 0 Å². The van der Waals surface area contributed by atoms with Crippen molar-refractivity contribution in [1.29, 1.82) is 0 Å². The van der Waals surface area contributed by atoms with Gasteiger partial charge in [0.15, 0.2) is 6.29 Å². The Balaban J connectivity index is 1.25. The standard InChI is InChI=1S/C41H49N3O6/c1-29(31-11-5-3-6-12-31)44(2)27-36-25-38(33-19-17-30(28-45)18-20-33)50-41(49-36)34-23-21-32(22-24-34)37-14-10-9-13-35(37)26-42-39(46)15-7-4-8-16-40(47)43-48/h3,5-6,9-14,17-24,29,36,38,41,45,48H,4,7-8,15-16,25-28H2,1-2H3,(H,42,46)(H,43,47). The topological polar surface area (TPSA) is 120 Å². The van der Waals surface area contributed by atoms with Crippen molar-refractivity contribution in [2.75, 3.05) is 13.6 Å². The summed E-state index contributed by atoms with van der Waals surface area (Å²) in [6, 6.07) is 35.0. The zero-order valence-electron chi connectivity index (χ0n) is 29.0. The van der Waals surface area contributed by atoms with Crippen LogP contribution in [-0.2, 0) is 32.2 Å². The van der Waals surface area contributed by atoms with Gasteiger partial charge in [-0.1, -0.05) is 110 Å². The first-order valence-corrected chi connectivity index (χ1v) is 17.5. The molecule has 4 aromatic carbocycles. The summed E-state index contributed by atoms with van der Waals surface area (Å²) in [6.07, 6.45) is 2.57. The Morgan fingerprint density at radius 2 is 1.48 bits per heavy atom. The van der Waals surface area contributed by atoms with Crippen molar-refractivity contribution in [3.63, 3.8) is 0 Å². The maximum absolute atomic E-state index is 12.5. The van der Waals surface area contributed by atoms with E-state index < -0.39 is 12.2 Å². The molecule has 1 heterocycles. The van der Waals surface area contributed by atoms with E-state index in [1.165, 1.54) is 5.56 Å². The van der Waals surface area contributed by atoms with Gasteiger partial charge in [-0.2, -0.15) is 0 Å². The van der Waals surface area contributed by atoms with Crippen molar-refractivity contribution in [1.82, 2.24) is 15.7 Å². The van der Waals surface area contributed by atoms with Crippen LogP contribution < -0.4 is 10.8 Å². The molecule has 0 bridgehead atoms. The van der Waals surface area contributed by atoms with Gasteiger partial charge in [0.25, 0.3) is 0 Å². The molecule has 0 saturated carbocycles. The second kappa shape index (κ2) is 18.6. The maximum Gasteiger partial charge on any atom is 0.243 e. The Morgan fingerprint density at radius 1 is 0.820 bits per heavy atom. The highest BCUT2D eigenvalue weighted by atomic mass is 16.7. The van der Waals surface area contributed by atoms with Gasteiger partial charge in [-0.25, -0.2) is 5.48 Å². The van der Waals surface area contributed by atoms with Crippen LogP contribution in [0.3, 0.4) is 0 Å². The van der Waals surface area contributed by atoms with Crippen LogP contribution in [0.2, 0.25) is 0 Å². The Morgan fingerprint density at radius 3 is 2.18 bits per heavy atom. The van der Waals surface area contributed by atoms with E-state index in [2.05, 4.69) is 78.8 Å². The lowest BCUT2D eigenvalue weighted by atomic mass is 9.97. The molecule has 4 atom stereocenters. The Hall–Kier alpha value is -4.38. The van der Waals surface area contributed by atoms with Crippen molar-refractivity contribution in [3.8, 4) is 11.1 Å². The minimum atomic E-state index is -0.557. The van der Waals surface area contributed by atoms with Crippen LogP contribution in [-0.4, -0.2) is 46.7 Å². The molecule has 50 heavy (non-hydrogen) atoms. The third-order valence-corrected chi connectivity index (χ3v) is 9.47. The first-order valence-electron chi connectivity index (χ1n) is 17.5. The van der Waals surface area contributed by atoms with Gasteiger partial charge in [-0.05, 0) is 60.2 Å². The summed E-state index contributed by atoms with van der Waals surface area (Å²) in [4.78, 5) is 26.0. The predicted octanol–water partition coefficient (Wildman–Crippen LogP) is 7.16. The molecule has 0 radical (unpaired) electrons. The fraction of sp³-hybridized carbons (Fsp3) is 0.366. The summed E-state index contributed by atoms with van der Waals surface area (Å²) in [6.45, 7) is 3.36. The molecule has 1 aliphatic heterocycles. The molecule has 9 heteroatoms. The van der Waals surface area contributed by atoms with E-state index in [4.69, 9.17) is 14.7 Å². The molecule has 4 unspecified atom stereocenters. The van der Waals surface area contributed by atoms with E-state index in [1.54, 1.807) is 5.48 Å². The third kappa shape index (κ3) is 10.3. The first-order chi connectivity index (χ1) is 24.3. The summed E-state index contributed by atoms with van der Waals surface area (Å²) in [5, 5.41) is 21.2. The summed E-state index contributed by atoms with van der Waals surface area (Å²) in [5.74, 6) is -0.444. The molecule has 1 fully saturated rings. The lowest BCUT2D eigenvalue weighted by Crippen LogP contribution is -2.38. The molecule has 0 aliphatic carbocycles. The fourth-order valence-electron chi connectivity index (χ4n) is 6.36. The molecule has 0 spiro atoms. The third-order valence-electron chi connectivity index (χ3n) is 9.47. The van der Waals surface area contributed by atoms with Crippen LogP contribution in [0, 0.1) is 0 Å². The first kappa shape index (κ1) is 36.9. The molecule has 4 N–H and O–H groups in total. The number of benzene rings is 4. The van der Waals surface area contributed by atoms with E-state index in [0.717, 1.165) is 46.3 Å². The predicted molar refractivity (Wildman–Crippen MR) is 193 cm³/mol. The largest absolute Gasteiger partial charge is 0.392 e. The molecule has 1 saturated heterocycles. The molecule has 1 aliphatic rings. The number of rotatable bonds is 16. The highest BCUT2D eigenvalue weighted by Gasteiger charge is 2.33. The van der Waals surface area contributed by atoms with Gasteiger partial charge in [0.05, 0.1) is 18.8 Å². The molecule has 2 amide bonds. The normalized spacial score (nSPS) is 18.1. The molecular weight excluding hydrogens is 630 g/mol. The Kier molecular flexibility index (Phi) is 13.7. The van der Waals surface area contributed by atoms with E-state index >= 15 is 0 Å². The number of hydrogen-bond donors (Lipinski definition) is 4. The number of unbranched alkanes of at least 4 members (excludes halogenated alkanes) is 2. The van der Waals surface area contributed by atoms with Crippen molar-refractivity contribution in [2.24, 2.45) is 0 Å². The number of carbonyl (C=O) groups excluding carboxylic acids is 2. The highest BCUT2D eigenvalue weighted by molar-refractivity contribution is 5.76. The van der Waals surface area contributed by atoms with Gasteiger partial charge in [-0.15, -0.1) is 0 Å². The van der Waals surface area contributed by atoms with Gasteiger partial charge >= 0.3 is 0 Å². The number of hydrogen-bond acceptors (Lipinski definition) is 7. The molecule has 264 valence electrons. The lowest BCUT2D eigenvalue weighted by molar-refractivity contribution is -0.253. The summed E-state index contributed by atoms with van der Waals surface area (Å²) >= 11 is 0. The van der Waals surface area contributed by atoms with Crippen LogP contribution in [0.5, 0.6) is 0 Å². The van der Waals surface area contributed by atoms with Crippen LogP contribution in [0.1, 0.15) is 91.7 Å². The lowest BCUT2D eigenvalue weighted by Gasteiger charge is -2.39. The number of aliphatic hydroxyl groups is 1. The second-order valence-electron chi connectivity index (χ2n) is 13.0. The number of nitrogens with one attached hydrogen (secondary N) is 2. The van der Waals surface area contributed by atoms with E-state index in [0.29, 0.717) is 32.2 Å². The number of hydroxylamine groups is 1. The van der Waals surface area contributed by atoms with Gasteiger partial charge in [0, 0.05) is 44.0 Å². The van der Waals surface area contributed by atoms with Gasteiger partial charge < -0.3 is 19.9 Å². The number of nitrogens with zero attached hydrogens (tertiary/aromatic N) is 1. The number of likely N-dealkylation sites (N-methyl/N-ethyl adjacent to an activating group) is 1. The summed E-state index contributed by atoms with van der Waals surface area (Å²) < 4.78 is 13.2. The van der Waals surface area contributed by atoms with E-state index in [9.17, 15) is 14.7 Å². The van der Waals surface area contributed by atoms with E-state index in [1.807, 2.05) is 48.5 Å². The quantitative estimate of drug-likeness (QED) is 0.0564. The molecule has 5 rings (SSSR count). The summed E-state index contributed by atoms with van der Waals surface area (Å²) in [5.41, 5.74) is 8.81.